The third-order valence-corrected chi connectivity index (χ3v) is 4.65. The summed E-state index contributed by atoms with van der Waals surface area (Å²) in [6, 6.07) is 13.7. The third-order valence-electron chi connectivity index (χ3n) is 3.41. The smallest absolute Gasteiger partial charge is 0.251 e. The largest absolute Gasteiger partial charge is 0.399 e. The number of aryl methyl sites for hydroxylation is 1. The van der Waals surface area contributed by atoms with Gasteiger partial charge < -0.3 is 9.40 Å². The van der Waals surface area contributed by atoms with Crippen molar-refractivity contribution in [3.63, 3.8) is 0 Å². The highest BCUT2D eigenvalue weighted by molar-refractivity contribution is 8.00. The monoisotopic (exact) mass is 300 g/mol. The number of benzene rings is 1. The topological polar surface area (TPSA) is 43.6 Å². The highest BCUT2D eigenvalue weighted by atomic mass is 32.2. The van der Waals surface area contributed by atoms with Crippen molar-refractivity contribution in [2.24, 2.45) is 5.16 Å². The number of nitrogens with zero attached hydrogens (tertiary/aromatic N) is 2. The molecule has 108 valence electrons. The highest BCUT2D eigenvalue weighted by Crippen LogP contribution is 2.33. The minimum absolute atomic E-state index is 0.0461. The molecular weight excluding hydrogens is 284 g/mol. The van der Waals surface area contributed by atoms with Gasteiger partial charge in [0, 0.05) is 18.2 Å². The van der Waals surface area contributed by atoms with Crippen molar-refractivity contribution in [1.29, 1.82) is 0 Å². The Hall–Kier alpha value is -2.01. The van der Waals surface area contributed by atoms with Gasteiger partial charge in [0.25, 0.3) is 5.56 Å². The maximum atomic E-state index is 12.1. The molecule has 1 aliphatic heterocycles. The maximum Gasteiger partial charge on any atom is 0.251 e. The van der Waals surface area contributed by atoms with Gasteiger partial charge in [0.15, 0.2) is 0 Å². The lowest BCUT2D eigenvalue weighted by Crippen LogP contribution is -2.25. The first-order valence-electron chi connectivity index (χ1n) is 6.73. The molecule has 1 atom stereocenters. The molecule has 5 heteroatoms. The minimum atomic E-state index is 0.0461. The average molecular weight is 300 g/mol. The van der Waals surface area contributed by atoms with Crippen LogP contribution in [0.1, 0.15) is 11.1 Å². The fourth-order valence-corrected chi connectivity index (χ4v) is 3.82. The van der Waals surface area contributed by atoms with Crippen LogP contribution in [-0.4, -0.2) is 22.6 Å². The molecule has 0 fully saturated rings. The van der Waals surface area contributed by atoms with Crippen molar-refractivity contribution in [1.82, 2.24) is 4.57 Å². The summed E-state index contributed by atoms with van der Waals surface area (Å²) in [6.07, 6.45) is 0. The highest BCUT2D eigenvalue weighted by Gasteiger charge is 2.28. The maximum absolute atomic E-state index is 12.1. The number of rotatable bonds is 3. The number of hydrogen-bond acceptors (Lipinski definition) is 4. The van der Waals surface area contributed by atoms with Crippen molar-refractivity contribution in [2.45, 2.75) is 23.7 Å². The van der Waals surface area contributed by atoms with Crippen molar-refractivity contribution < 1.29 is 4.84 Å². The summed E-state index contributed by atoms with van der Waals surface area (Å²) in [7, 11) is 1.55. The Labute approximate surface area is 127 Å². The molecule has 2 heterocycles. The van der Waals surface area contributed by atoms with Crippen molar-refractivity contribution in [3.8, 4) is 0 Å². The van der Waals surface area contributed by atoms with Crippen molar-refractivity contribution >= 4 is 17.5 Å². The van der Waals surface area contributed by atoms with Gasteiger partial charge in [0.05, 0.1) is 10.3 Å². The number of thioether (sulfide) groups is 1. The first-order chi connectivity index (χ1) is 10.2. The van der Waals surface area contributed by atoms with Gasteiger partial charge in [-0.1, -0.05) is 47.2 Å². The van der Waals surface area contributed by atoms with Gasteiger partial charge in [-0.25, -0.2) is 0 Å². The van der Waals surface area contributed by atoms with Crippen molar-refractivity contribution in [2.75, 3.05) is 7.11 Å². The molecule has 0 bridgehead atoms. The van der Waals surface area contributed by atoms with E-state index in [9.17, 15) is 4.79 Å². The quantitative estimate of drug-likeness (QED) is 0.646. The molecule has 0 N–H and O–H groups in total. The van der Waals surface area contributed by atoms with Crippen LogP contribution in [0.5, 0.6) is 0 Å². The van der Waals surface area contributed by atoms with Gasteiger partial charge in [0.1, 0.15) is 12.8 Å². The lowest BCUT2D eigenvalue weighted by atomic mass is 10.1. The van der Waals surface area contributed by atoms with E-state index < -0.39 is 0 Å². The first kappa shape index (κ1) is 13.9. The van der Waals surface area contributed by atoms with Crippen LogP contribution < -0.4 is 5.56 Å². The summed E-state index contributed by atoms with van der Waals surface area (Å²) < 4.78 is 1.80. The molecule has 1 aliphatic rings. The molecule has 3 rings (SSSR count). The predicted molar refractivity (Wildman–Crippen MR) is 85.1 cm³/mol. The lowest BCUT2D eigenvalue weighted by Gasteiger charge is -2.11. The van der Waals surface area contributed by atoms with Gasteiger partial charge in [-0.3, -0.25) is 4.79 Å². The van der Waals surface area contributed by atoms with E-state index in [1.54, 1.807) is 29.5 Å². The van der Waals surface area contributed by atoms with Crippen LogP contribution in [0.15, 0.2) is 57.4 Å². The Balaban J connectivity index is 1.97. The first-order valence-corrected chi connectivity index (χ1v) is 7.61. The van der Waals surface area contributed by atoms with Crippen LogP contribution in [0.3, 0.4) is 0 Å². The Morgan fingerprint density at radius 3 is 2.81 bits per heavy atom. The molecule has 0 radical (unpaired) electrons. The van der Waals surface area contributed by atoms with Gasteiger partial charge in [-0.05, 0) is 18.6 Å². The summed E-state index contributed by atoms with van der Waals surface area (Å²) >= 11 is 1.66. The third kappa shape index (κ3) is 2.74. The zero-order chi connectivity index (χ0) is 14.8. The van der Waals surface area contributed by atoms with E-state index >= 15 is 0 Å². The van der Waals surface area contributed by atoms with Crippen LogP contribution in [0, 0.1) is 6.92 Å². The molecule has 1 aromatic carbocycles. The van der Waals surface area contributed by atoms with E-state index in [-0.39, 0.29) is 10.8 Å². The molecule has 1 unspecified atom stereocenters. The summed E-state index contributed by atoms with van der Waals surface area (Å²) in [5, 5.41) is 5.27. The molecule has 0 amide bonds. The van der Waals surface area contributed by atoms with Crippen LogP contribution in [0.2, 0.25) is 0 Å². The molecule has 21 heavy (non-hydrogen) atoms. The van der Waals surface area contributed by atoms with E-state index in [0.29, 0.717) is 6.54 Å². The van der Waals surface area contributed by atoms with E-state index in [1.165, 1.54) is 0 Å². The molecule has 0 aliphatic carbocycles. The number of pyridine rings is 1. The second kappa shape index (κ2) is 5.77. The molecule has 2 aromatic rings. The molecule has 1 aromatic heterocycles. The Morgan fingerprint density at radius 2 is 2.10 bits per heavy atom. The van der Waals surface area contributed by atoms with Crippen LogP contribution in [0.25, 0.3) is 0 Å². The van der Waals surface area contributed by atoms with Crippen molar-refractivity contribution in [3.05, 3.63) is 63.9 Å². The lowest BCUT2D eigenvalue weighted by molar-refractivity contribution is 0.213. The average Bonchev–Trinajstić information content (AvgIpc) is 2.89. The van der Waals surface area contributed by atoms with Gasteiger partial charge in [-0.2, -0.15) is 0 Å². The zero-order valence-corrected chi connectivity index (χ0v) is 12.8. The van der Waals surface area contributed by atoms with Gasteiger partial charge in [-0.15, -0.1) is 0 Å². The Kier molecular flexibility index (Phi) is 3.84. The number of hydrogen-bond donors (Lipinski definition) is 0. The summed E-state index contributed by atoms with van der Waals surface area (Å²) in [5.74, 6) is 0. The summed E-state index contributed by atoms with van der Waals surface area (Å²) in [4.78, 5) is 17.1. The number of aromatic nitrogens is 1. The second-order valence-electron chi connectivity index (χ2n) is 4.95. The van der Waals surface area contributed by atoms with E-state index in [0.717, 1.165) is 21.9 Å². The standard InChI is InChI=1S/C16H16N2O2S/c1-11-8-14(19)18-10-13(21-15(18)9-11)16(17-20-2)12-6-4-3-5-7-12/h3-9,13H,10H2,1-2H3. The second-order valence-corrected chi connectivity index (χ2v) is 6.17. The number of oxime groups is 1. The molecular formula is C16H16N2O2S. The summed E-state index contributed by atoms with van der Waals surface area (Å²) in [6.45, 7) is 2.56. The normalized spacial score (nSPS) is 17.6. The van der Waals surface area contributed by atoms with Gasteiger partial charge >= 0.3 is 0 Å². The fourth-order valence-electron chi connectivity index (χ4n) is 2.47. The molecule has 4 nitrogen and oxygen atoms in total. The minimum Gasteiger partial charge on any atom is -0.399 e. The number of fused-ring (bicyclic) bond motifs is 1. The predicted octanol–water partition coefficient (Wildman–Crippen LogP) is 2.68. The van der Waals surface area contributed by atoms with Gasteiger partial charge in [0.2, 0.25) is 0 Å². The Morgan fingerprint density at radius 1 is 1.33 bits per heavy atom. The van der Waals surface area contributed by atoms with Crippen LogP contribution in [-0.2, 0) is 11.4 Å². The van der Waals surface area contributed by atoms with Crippen LogP contribution in [0.4, 0.5) is 0 Å². The van der Waals surface area contributed by atoms with E-state index in [1.807, 2.05) is 43.3 Å². The molecule has 0 spiro atoms. The molecule has 0 saturated heterocycles. The fraction of sp³-hybridized carbons (Fsp3) is 0.250. The Bertz CT molecular complexity index is 738. The van der Waals surface area contributed by atoms with E-state index in [2.05, 4.69) is 5.16 Å². The van der Waals surface area contributed by atoms with Crippen LogP contribution >= 0.6 is 11.8 Å². The molecule has 0 saturated carbocycles. The SMILES string of the molecule is CON=C(c1ccccc1)C1Cn2c(cc(C)cc2=O)S1. The zero-order valence-electron chi connectivity index (χ0n) is 11.9. The summed E-state index contributed by atoms with van der Waals surface area (Å²) in [5.41, 5.74) is 2.92. The van der Waals surface area contributed by atoms with E-state index in [4.69, 9.17) is 4.84 Å².